The molecule has 0 aromatic heterocycles. The predicted octanol–water partition coefficient (Wildman–Crippen LogP) is 5.60. The summed E-state index contributed by atoms with van der Waals surface area (Å²) < 4.78 is 19.2. The molecule has 3 aromatic carbocycles. The average molecular weight is 476 g/mol. The van der Waals surface area contributed by atoms with E-state index in [1.54, 1.807) is 38.3 Å². The summed E-state index contributed by atoms with van der Waals surface area (Å²) in [6.45, 7) is 5.73. The molecule has 35 heavy (non-hydrogen) atoms. The number of benzene rings is 3. The molecule has 1 amide bonds. The van der Waals surface area contributed by atoms with E-state index in [2.05, 4.69) is 0 Å². The van der Waals surface area contributed by atoms with Crippen LogP contribution in [0.2, 0.25) is 0 Å². The number of ketones is 1. The van der Waals surface area contributed by atoms with Crippen LogP contribution < -0.4 is 9.64 Å². The Morgan fingerprint density at radius 3 is 2.31 bits per heavy atom. The van der Waals surface area contributed by atoms with Gasteiger partial charge in [0.05, 0.1) is 24.4 Å². The van der Waals surface area contributed by atoms with Crippen LogP contribution in [0.25, 0.3) is 5.76 Å². The fourth-order valence-corrected chi connectivity index (χ4v) is 4.44. The minimum absolute atomic E-state index is 0.0636. The van der Waals surface area contributed by atoms with Gasteiger partial charge < -0.3 is 14.9 Å². The van der Waals surface area contributed by atoms with Crippen molar-refractivity contribution in [2.45, 2.75) is 32.7 Å². The summed E-state index contributed by atoms with van der Waals surface area (Å²) in [5, 5.41) is 21.9. The first-order valence-corrected chi connectivity index (χ1v) is 11.2. The first-order chi connectivity index (χ1) is 16.6. The van der Waals surface area contributed by atoms with Crippen LogP contribution >= 0.6 is 0 Å². The van der Waals surface area contributed by atoms with Crippen molar-refractivity contribution in [3.8, 4) is 11.5 Å². The molecule has 0 radical (unpaired) electrons. The lowest BCUT2D eigenvalue weighted by molar-refractivity contribution is -0.132. The summed E-state index contributed by atoms with van der Waals surface area (Å²) in [4.78, 5) is 27.7. The van der Waals surface area contributed by atoms with E-state index in [4.69, 9.17) is 4.74 Å². The second kappa shape index (κ2) is 9.25. The van der Waals surface area contributed by atoms with Crippen molar-refractivity contribution in [1.29, 1.82) is 0 Å². The Bertz CT molecular complexity index is 1340. The number of aliphatic hydroxyl groups is 1. The number of hydrogen-bond donors (Lipinski definition) is 2. The van der Waals surface area contributed by atoms with Crippen molar-refractivity contribution in [1.82, 2.24) is 0 Å². The number of carbonyl (C=O) groups excluding carboxylic acids is 2. The molecular formula is C28H26FNO5. The van der Waals surface area contributed by atoms with Crippen molar-refractivity contribution in [2.24, 2.45) is 0 Å². The zero-order chi connectivity index (χ0) is 25.4. The van der Waals surface area contributed by atoms with Gasteiger partial charge in [-0.1, -0.05) is 38.1 Å². The lowest BCUT2D eigenvalue weighted by Crippen LogP contribution is -2.29. The predicted molar refractivity (Wildman–Crippen MR) is 131 cm³/mol. The molecule has 4 rings (SSSR count). The first-order valence-electron chi connectivity index (χ1n) is 11.2. The van der Waals surface area contributed by atoms with E-state index in [9.17, 15) is 24.2 Å². The molecule has 1 unspecified atom stereocenters. The van der Waals surface area contributed by atoms with Gasteiger partial charge in [0.2, 0.25) is 0 Å². The third kappa shape index (κ3) is 4.14. The fraction of sp³-hybridized carbons (Fsp3) is 0.214. The summed E-state index contributed by atoms with van der Waals surface area (Å²) in [5.41, 5.74) is 2.23. The zero-order valence-corrected chi connectivity index (χ0v) is 19.9. The number of halogens is 1. The van der Waals surface area contributed by atoms with Gasteiger partial charge in [0.15, 0.2) is 0 Å². The number of aliphatic hydroxyl groups excluding tert-OH is 1. The molecule has 0 aliphatic carbocycles. The highest BCUT2D eigenvalue weighted by Gasteiger charge is 2.47. The standard InChI is InChI=1S/C28H26FNO5/c1-15(2)19-14-20(16(3)13-23(19)35-4)26(32)24-25(17-9-11-18(29)12-10-17)30(28(34)27(24)33)21-7-5-6-8-22(21)31/h5-15,25,31-32H,1-4H3/b26-24+. The van der Waals surface area contributed by atoms with Gasteiger partial charge in [-0.05, 0) is 65.9 Å². The van der Waals surface area contributed by atoms with Crippen LogP contribution in [0.1, 0.15) is 48.1 Å². The molecule has 6 nitrogen and oxygen atoms in total. The number of rotatable bonds is 5. The van der Waals surface area contributed by atoms with E-state index in [0.717, 1.165) is 10.5 Å². The molecule has 2 N–H and O–H groups in total. The van der Waals surface area contributed by atoms with Crippen LogP contribution in [0.15, 0.2) is 66.2 Å². The molecule has 0 bridgehead atoms. The van der Waals surface area contributed by atoms with Gasteiger partial charge >= 0.3 is 0 Å². The molecule has 1 aliphatic heterocycles. The molecule has 1 saturated heterocycles. The van der Waals surface area contributed by atoms with Crippen LogP contribution in [0.3, 0.4) is 0 Å². The number of Topliss-reactive ketones (excluding diaryl/α,β-unsaturated/α-hetero) is 1. The number of ether oxygens (including phenoxy) is 1. The number of anilines is 1. The van der Waals surface area contributed by atoms with Crippen LogP contribution in [0.5, 0.6) is 11.5 Å². The van der Waals surface area contributed by atoms with Gasteiger partial charge in [0, 0.05) is 5.56 Å². The summed E-state index contributed by atoms with van der Waals surface area (Å²) in [5.74, 6) is -2.13. The summed E-state index contributed by atoms with van der Waals surface area (Å²) in [7, 11) is 1.56. The van der Waals surface area contributed by atoms with E-state index in [1.165, 1.54) is 36.4 Å². The van der Waals surface area contributed by atoms with Crippen LogP contribution in [0.4, 0.5) is 10.1 Å². The molecule has 7 heteroatoms. The van der Waals surface area contributed by atoms with Crippen molar-refractivity contribution >= 4 is 23.1 Å². The van der Waals surface area contributed by atoms with Crippen molar-refractivity contribution < 1.29 is 28.9 Å². The van der Waals surface area contributed by atoms with Gasteiger partial charge in [-0.25, -0.2) is 4.39 Å². The van der Waals surface area contributed by atoms with Crippen LogP contribution in [-0.2, 0) is 9.59 Å². The second-order valence-corrected chi connectivity index (χ2v) is 8.77. The number of hydrogen-bond acceptors (Lipinski definition) is 5. The van der Waals surface area contributed by atoms with Gasteiger partial charge in [-0.2, -0.15) is 0 Å². The number of nitrogens with zero attached hydrogens (tertiary/aromatic N) is 1. The SMILES string of the molecule is COc1cc(C)c(/C(O)=C2\C(=O)C(=O)N(c3ccccc3O)C2c2ccc(F)cc2)cc1C(C)C. The number of aryl methyl sites for hydroxylation is 1. The van der Waals surface area contributed by atoms with Gasteiger partial charge in [-0.15, -0.1) is 0 Å². The Labute approximate surface area is 202 Å². The van der Waals surface area contributed by atoms with Gasteiger partial charge in [0.1, 0.15) is 23.1 Å². The Kier molecular flexibility index (Phi) is 6.35. The lowest BCUT2D eigenvalue weighted by Gasteiger charge is -2.26. The Morgan fingerprint density at radius 1 is 1.06 bits per heavy atom. The maximum Gasteiger partial charge on any atom is 0.300 e. The maximum atomic E-state index is 13.7. The third-order valence-electron chi connectivity index (χ3n) is 6.23. The largest absolute Gasteiger partial charge is 0.507 e. The average Bonchev–Trinajstić information content (AvgIpc) is 3.09. The Balaban J connectivity index is 2.00. The topological polar surface area (TPSA) is 87.1 Å². The number of phenols is 1. The number of aromatic hydroxyl groups is 1. The minimum Gasteiger partial charge on any atom is -0.507 e. The van der Waals surface area contributed by atoms with Gasteiger partial charge in [0.25, 0.3) is 11.7 Å². The van der Waals surface area contributed by atoms with Gasteiger partial charge in [-0.3, -0.25) is 14.5 Å². The molecule has 1 fully saturated rings. The Hall–Kier alpha value is -4.13. The molecule has 1 aliphatic rings. The monoisotopic (exact) mass is 475 g/mol. The minimum atomic E-state index is -1.08. The molecular weight excluding hydrogens is 449 g/mol. The maximum absolute atomic E-state index is 13.7. The molecule has 0 saturated carbocycles. The lowest BCUT2D eigenvalue weighted by atomic mass is 9.91. The van der Waals surface area contributed by atoms with E-state index in [0.29, 0.717) is 22.4 Å². The number of amides is 1. The van der Waals surface area contributed by atoms with Crippen molar-refractivity contribution in [3.05, 3.63) is 94.3 Å². The Morgan fingerprint density at radius 2 is 1.71 bits per heavy atom. The van der Waals surface area contributed by atoms with Crippen molar-refractivity contribution in [3.63, 3.8) is 0 Å². The molecule has 3 aromatic rings. The van der Waals surface area contributed by atoms with E-state index < -0.39 is 23.5 Å². The zero-order valence-electron chi connectivity index (χ0n) is 19.9. The molecule has 1 atom stereocenters. The van der Waals surface area contributed by atoms with E-state index in [1.807, 2.05) is 13.8 Å². The van der Waals surface area contributed by atoms with E-state index >= 15 is 0 Å². The number of methoxy groups -OCH3 is 1. The van der Waals surface area contributed by atoms with Crippen LogP contribution in [-0.4, -0.2) is 29.0 Å². The van der Waals surface area contributed by atoms with E-state index in [-0.39, 0.29) is 28.7 Å². The molecule has 180 valence electrons. The fourth-order valence-electron chi connectivity index (χ4n) is 4.44. The number of carbonyl (C=O) groups is 2. The summed E-state index contributed by atoms with van der Waals surface area (Å²) >= 11 is 0. The first kappa shape index (κ1) is 24.0. The quantitative estimate of drug-likeness (QED) is 0.285. The van der Waals surface area contributed by atoms with Crippen LogP contribution in [0, 0.1) is 12.7 Å². The highest BCUT2D eigenvalue weighted by Crippen LogP contribution is 2.45. The molecule has 0 spiro atoms. The number of phenolic OH excluding ortho intramolecular Hbond substituents is 1. The highest BCUT2D eigenvalue weighted by atomic mass is 19.1. The third-order valence-corrected chi connectivity index (χ3v) is 6.23. The second-order valence-electron chi connectivity index (χ2n) is 8.77. The smallest absolute Gasteiger partial charge is 0.300 e. The summed E-state index contributed by atoms with van der Waals surface area (Å²) in [6.07, 6.45) is 0. The normalized spacial score (nSPS) is 17.3. The molecule has 1 heterocycles. The summed E-state index contributed by atoms with van der Waals surface area (Å²) in [6, 6.07) is 13.9. The number of para-hydroxylation sites is 2. The highest BCUT2D eigenvalue weighted by molar-refractivity contribution is 6.52. The van der Waals surface area contributed by atoms with Crippen molar-refractivity contribution in [2.75, 3.05) is 12.0 Å².